The van der Waals surface area contributed by atoms with Crippen molar-refractivity contribution in [3.63, 3.8) is 0 Å². The number of methoxy groups -OCH3 is 1. The number of likely N-dealkylation sites (tertiary alicyclic amines) is 1. The van der Waals surface area contributed by atoms with Gasteiger partial charge in [0.25, 0.3) is 0 Å². The lowest BCUT2D eigenvalue weighted by atomic mass is 10.0. The van der Waals surface area contributed by atoms with Gasteiger partial charge in [-0.25, -0.2) is 14.4 Å². The van der Waals surface area contributed by atoms with Crippen LogP contribution in [0, 0.1) is 12.7 Å². The number of nitrogens with zero attached hydrogens (tertiary/aromatic N) is 3. The minimum atomic E-state index is -4.53. The number of ether oxygens (including phenoxy) is 2. The number of aryl methyl sites for hydroxylation is 1. The van der Waals surface area contributed by atoms with E-state index in [2.05, 4.69) is 9.97 Å². The predicted octanol–water partition coefficient (Wildman–Crippen LogP) is 4.56. The molecular weight excluding hydrogens is 390 g/mol. The van der Waals surface area contributed by atoms with Crippen molar-refractivity contribution in [3.05, 3.63) is 47.2 Å². The zero-order valence-electron chi connectivity index (χ0n) is 16.5. The van der Waals surface area contributed by atoms with Gasteiger partial charge in [-0.2, -0.15) is 13.2 Å². The second-order valence-corrected chi connectivity index (χ2v) is 7.10. The largest absolute Gasteiger partial charge is 0.489 e. The molecule has 3 heterocycles. The van der Waals surface area contributed by atoms with Crippen molar-refractivity contribution < 1.29 is 27.0 Å². The van der Waals surface area contributed by atoms with Crippen molar-refractivity contribution in [3.8, 4) is 11.6 Å². The maximum absolute atomic E-state index is 14.3. The molecule has 1 saturated heterocycles. The Kier molecular flexibility index (Phi) is 6.26. The smallest absolute Gasteiger partial charge is 0.433 e. The summed E-state index contributed by atoms with van der Waals surface area (Å²) in [6.07, 6.45) is -3.38. The molecule has 0 aliphatic carbocycles. The number of halogens is 4. The van der Waals surface area contributed by atoms with E-state index in [1.54, 1.807) is 0 Å². The molecule has 1 fully saturated rings. The standard InChI is InChI=1S/C20H23F4N3O2/c1-12-9-15(10-17(25-12)20(22,23)24)29-14-5-4-8-27(11-14)13(2)19-16(21)6-7-18(26-19)28-3/h6-7,9-10,13-14H,4-5,8,11H2,1-3H3. The normalized spacial score (nSPS) is 19.1. The number of alkyl halides is 3. The zero-order valence-corrected chi connectivity index (χ0v) is 16.5. The molecule has 2 aromatic heterocycles. The number of pyridine rings is 2. The van der Waals surface area contributed by atoms with E-state index in [1.165, 1.54) is 32.2 Å². The van der Waals surface area contributed by atoms with Crippen LogP contribution in [0.5, 0.6) is 11.6 Å². The molecule has 0 spiro atoms. The maximum Gasteiger partial charge on any atom is 0.433 e. The molecule has 1 aliphatic rings. The van der Waals surface area contributed by atoms with Crippen LogP contribution in [0.4, 0.5) is 17.6 Å². The van der Waals surface area contributed by atoms with Crippen molar-refractivity contribution in [2.24, 2.45) is 0 Å². The Labute approximate surface area is 166 Å². The van der Waals surface area contributed by atoms with E-state index in [9.17, 15) is 17.6 Å². The van der Waals surface area contributed by atoms with E-state index in [0.717, 1.165) is 12.5 Å². The summed E-state index contributed by atoms with van der Waals surface area (Å²) in [5, 5.41) is 0. The molecule has 2 unspecified atom stereocenters. The SMILES string of the molecule is COc1ccc(F)c(C(C)N2CCCC(Oc3cc(C)nc(C(F)(F)F)c3)C2)n1. The second kappa shape index (κ2) is 8.52. The fourth-order valence-corrected chi connectivity index (χ4v) is 3.48. The van der Waals surface area contributed by atoms with E-state index in [1.807, 2.05) is 11.8 Å². The van der Waals surface area contributed by atoms with Gasteiger partial charge in [-0.15, -0.1) is 0 Å². The van der Waals surface area contributed by atoms with Gasteiger partial charge < -0.3 is 9.47 Å². The Morgan fingerprint density at radius 2 is 1.97 bits per heavy atom. The first-order valence-corrected chi connectivity index (χ1v) is 9.34. The van der Waals surface area contributed by atoms with Crippen LogP contribution in [-0.2, 0) is 6.18 Å². The molecule has 5 nitrogen and oxygen atoms in total. The van der Waals surface area contributed by atoms with Gasteiger partial charge in [0.05, 0.1) is 18.8 Å². The first kappa shape index (κ1) is 21.3. The Balaban J connectivity index is 1.74. The third-order valence-corrected chi connectivity index (χ3v) is 4.93. The van der Waals surface area contributed by atoms with E-state index in [0.29, 0.717) is 25.4 Å². The predicted molar refractivity (Wildman–Crippen MR) is 98.4 cm³/mol. The monoisotopic (exact) mass is 413 g/mol. The summed E-state index contributed by atoms with van der Waals surface area (Å²) >= 11 is 0. The molecule has 2 aromatic rings. The van der Waals surface area contributed by atoms with Crippen molar-refractivity contribution in [1.29, 1.82) is 0 Å². The molecule has 0 N–H and O–H groups in total. The number of rotatable bonds is 5. The molecule has 2 atom stereocenters. The molecule has 1 aliphatic heterocycles. The van der Waals surface area contributed by atoms with Gasteiger partial charge in [0, 0.05) is 30.4 Å². The van der Waals surface area contributed by atoms with Gasteiger partial charge in [-0.3, -0.25) is 4.90 Å². The van der Waals surface area contributed by atoms with Gasteiger partial charge in [0.2, 0.25) is 5.88 Å². The minimum Gasteiger partial charge on any atom is -0.489 e. The molecule has 0 saturated carbocycles. The van der Waals surface area contributed by atoms with Crippen LogP contribution in [0.3, 0.4) is 0 Å². The average Bonchev–Trinajstić information content (AvgIpc) is 2.67. The number of aromatic nitrogens is 2. The van der Waals surface area contributed by atoms with Crippen molar-refractivity contribution >= 4 is 0 Å². The van der Waals surface area contributed by atoms with Crippen LogP contribution in [0.25, 0.3) is 0 Å². The van der Waals surface area contributed by atoms with Crippen LogP contribution < -0.4 is 9.47 Å². The van der Waals surface area contributed by atoms with Crippen molar-refractivity contribution in [1.82, 2.24) is 14.9 Å². The highest BCUT2D eigenvalue weighted by Crippen LogP contribution is 2.32. The molecule has 9 heteroatoms. The number of hydrogen-bond acceptors (Lipinski definition) is 5. The molecular formula is C20H23F4N3O2. The Bertz CT molecular complexity index is 860. The summed E-state index contributed by atoms with van der Waals surface area (Å²) in [5.74, 6) is 0.0286. The molecule has 0 radical (unpaired) electrons. The van der Waals surface area contributed by atoms with Gasteiger partial charge >= 0.3 is 6.18 Å². The molecule has 0 bridgehead atoms. The van der Waals surface area contributed by atoms with Crippen molar-refractivity contribution in [2.75, 3.05) is 20.2 Å². The average molecular weight is 413 g/mol. The van der Waals surface area contributed by atoms with E-state index in [-0.39, 0.29) is 29.3 Å². The Morgan fingerprint density at radius 1 is 1.21 bits per heavy atom. The zero-order chi connectivity index (χ0) is 21.2. The van der Waals surface area contributed by atoms with Crippen LogP contribution in [0.15, 0.2) is 24.3 Å². The lowest BCUT2D eigenvalue weighted by Crippen LogP contribution is -2.42. The number of piperidine rings is 1. The van der Waals surface area contributed by atoms with Gasteiger partial charge in [0.15, 0.2) is 0 Å². The highest BCUT2D eigenvalue weighted by molar-refractivity contribution is 5.28. The van der Waals surface area contributed by atoms with Crippen LogP contribution in [-0.4, -0.2) is 41.2 Å². The molecule has 0 aromatic carbocycles. The van der Waals surface area contributed by atoms with Crippen LogP contribution in [0.2, 0.25) is 0 Å². The maximum atomic E-state index is 14.3. The fraction of sp³-hybridized carbons (Fsp3) is 0.500. The van der Waals surface area contributed by atoms with Gasteiger partial charge in [0.1, 0.15) is 23.4 Å². The lowest BCUT2D eigenvalue weighted by molar-refractivity contribution is -0.141. The first-order chi connectivity index (χ1) is 13.7. The second-order valence-electron chi connectivity index (χ2n) is 7.10. The van der Waals surface area contributed by atoms with Gasteiger partial charge in [-0.1, -0.05) is 0 Å². The topological polar surface area (TPSA) is 47.5 Å². The highest BCUT2D eigenvalue weighted by Gasteiger charge is 2.34. The quantitative estimate of drug-likeness (QED) is 0.673. The van der Waals surface area contributed by atoms with E-state index >= 15 is 0 Å². The summed E-state index contributed by atoms with van der Waals surface area (Å²) in [6, 6.07) is 4.84. The third kappa shape index (κ3) is 5.14. The Morgan fingerprint density at radius 3 is 2.66 bits per heavy atom. The fourth-order valence-electron chi connectivity index (χ4n) is 3.48. The summed E-state index contributed by atoms with van der Waals surface area (Å²) in [7, 11) is 1.46. The lowest BCUT2D eigenvalue weighted by Gasteiger charge is -2.36. The van der Waals surface area contributed by atoms with E-state index in [4.69, 9.17) is 9.47 Å². The summed E-state index contributed by atoms with van der Waals surface area (Å²) < 4.78 is 64.2. The van der Waals surface area contributed by atoms with Gasteiger partial charge in [-0.05, 0) is 39.3 Å². The van der Waals surface area contributed by atoms with Crippen molar-refractivity contribution in [2.45, 2.75) is 45.0 Å². The Hall–Kier alpha value is -2.42. The minimum absolute atomic E-state index is 0.134. The first-order valence-electron chi connectivity index (χ1n) is 9.34. The molecule has 158 valence electrons. The molecule has 3 rings (SSSR count). The number of hydrogen-bond donors (Lipinski definition) is 0. The van der Waals surface area contributed by atoms with Crippen LogP contribution in [0.1, 0.15) is 42.9 Å². The summed E-state index contributed by atoms with van der Waals surface area (Å²) in [6.45, 7) is 4.49. The van der Waals surface area contributed by atoms with Crippen LogP contribution >= 0.6 is 0 Å². The molecule has 29 heavy (non-hydrogen) atoms. The van der Waals surface area contributed by atoms with E-state index < -0.39 is 17.7 Å². The highest BCUT2D eigenvalue weighted by atomic mass is 19.4. The summed E-state index contributed by atoms with van der Waals surface area (Å²) in [5.41, 5.74) is -0.473. The third-order valence-electron chi connectivity index (χ3n) is 4.93. The summed E-state index contributed by atoms with van der Waals surface area (Å²) in [4.78, 5) is 9.75. The molecule has 0 amide bonds.